The molecule has 0 unspecified atom stereocenters. The van der Waals surface area contributed by atoms with Crippen molar-refractivity contribution >= 4 is 5.91 Å². The van der Waals surface area contributed by atoms with Crippen molar-refractivity contribution in [2.24, 2.45) is 0 Å². The minimum Gasteiger partial charge on any atom is -0.482 e. The molecular weight excluding hydrogens is 318 g/mol. The molecule has 1 fully saturated rings. The van der Waals surface area contributed by atoms with Crippen molar-refractivity contribution in [3.63, 3.8) is 0 Å². The van der Waals surface area contributed by atoms with Gasteiger partial charge < -0.3 is 14.8 Å². The van der Waals surface area contributed by atoms with Crippen molar-refractivity contribution in [2.75, 3.05) is 26.2 Å². The molecule has 1 aliphatic heterocycles. The number of hydrogen-bond acceptors (Lipinski definition) is 5. The van der Waals surface area contributed by atoms with Crippen LogP contribution in [-0.2, 0) is 9.53 Å². The van der Waals surface area contributed by atoms with E-state index in [1.54, 1.807) is 24.3 Å². The molecule has 0 bridgehead atoms. The summed E-state index contributed by atoms with van der Waals surface area (Å²) in [6.45, 7) is 10.5. The predicted octanol–water partition coefficient (Wildman–Crippen LogP) is 1.94. The first-order valence-corrected chi connectivity index (χ1v) is 8.61. The molecular formula is C19H27N3O3. The summed E-state index contributed by atoms with van der Waals surface area (Å²) in [5, 5.41) is 12.0. The third-order valence-electron chi connectivity index (χ3n) is 4.36. The van der Waals surface area contributed by atoms with E-state index in [9.17, 15) is 4.79 Å². The first-order valence-electron chi connectivity index (χ1n) is 8.61. The van der Waals surface area contributed by atoms with E-state index in [4.69, 9.17) is 14.7 Å². The number of carbonyl (C=O) groups is 1. The van der Waals surface area contributed by atoms with Gasteiger partial charge in [0, 0.05) is 25.2 Å². The Morgan fingerprint density at radius 1 is 1.36 bits per heavy atom. The molecule has 1 N–H and O–H groups in total. The topological polar surface area (TPSA) is 74.6 Å². The standard InChI is InChI=1S/C19H27N3O3/c1-14-10-22(11-15(2)25-14)19(3,4)13-21-18(23)12-24-17-8-6-5-7-16(17)9-20/h5-8,14-15H,10-13H2,1-4H3,(H,21,23)/t14-,15-/m1/s1. The molecule has 136 valence electrons. The van der Waals surface area contributed by atoms with Gasteiger partial charge in [-0.2, -0.15) is 5.26 Å². The van der Waals surface area contributed by atoms with Crippen molar-refractivity contribution < 1.29 is 14.3 Å². The Labute approximate surface area is 149 Å². The summed E-state index contributed by atoms with van der Waals surface area (Å²) in [4.78, 5) is 14.5. The van der Waals surface area contributed by atoms with E-state index in [1.165, 1.54) is 0 Å². The fraction of sp³-hybridized carbons (Fsp3) is 0.579. The Balaban J connectivity index is 1.83. The van der Waals surface area contributed by atoms with Gasteiger partial charge in [-0.15, -0.1) is 0 Å². The Kier molecular flexibility index (Phi) is 6.40. The summed E-state index contributed by atoms with van der Waals surface area (Å²) in [6.07, 6.45) is 0.370. The average Bonchev–Trinajstić information content (AvgIpc) is 2.57. The number of hydrogen-bond donors (Lipinski definition) is 1. The lowest BCUT2D eigenvalue weighted by Crippen LogP contribution is -2.58. The van der Waals surface area contributed by atoms with Crippen molar-refractivity contribution in [3.05, 3.63) is 29.8 Å². The first-order chi connectivity index (χ1) is 11.8. The molecule has 1 aromatic rings. The second-order valence-electron chi connectivity index (χ2n) is 7.15. The van der Waals surface area contributed by atoms with Crippen LogP contribution in [0.25, 0.3) is 0 Å². The maximum absolute atomic E-state index is 12.1. The van der Waals surface area contributed by atoms with Gasteiger partial charge in [0.15, 0.2) is 6.61 Å². The molecule has 2 atom stereocenters. The number of para-hydroxylation sites is 1. The molecule has 1 saturated heterocycles. The Morgan fingerprint density at radius 3 is 2.64 bits per heavy atom. The largest absolute Gasteiger partial charge is 0.482 e. The molecule has 2 rings (SSSR count). The molecule has 0 spiro atoms. The molecule has 0 aliphatic carbocycles. The monoisotopic (exact) mass is 345 g/mol. The van der Waals surface area contributed by atoms with Crippen LogP contribution >= 0.6 is 0 Å². The van der Waals surface area contributed by atoms with Gasteiger partial charge in [-0.25, -0.2) is 0 Å². The summed E-state index contributed by atoms with van der Waals surface area (Å²) in [7, 11) is 0. The first kappa shape index (κ1) is 19.2. The SMILES string of the molecule is C[C@@H]1CN(C(C)(C)CNC(=O)COc2ccccc2C#N)C[C@@H](C)O1. The number of carbonyl (C=O) groups excluding carboxylic acids is 1. The molecule has 25 heavy (non-hydrogen) atoms. The summed E-state index contributed by atoms with van der Waals surface area (Å²) in [6, 6.07) is 8.94. The molecule has 1 heterocycles. The highest BCUT2D eigenvalue weighted by atomic mass is 16.5. The molecule has 6 heteroatoms. The van der Waals surface area contributed by atoms with Crippen molar-refractivity contribution in [1.29, 1.82) is 5.26 Å². The second-order valence-corrected chi connectivity index (χ2v) is 7.15. The van der Waals surface area contributed by atoms with Gasteiger partial charge in [0.2, 0.25) is 0 Å². The third-order valence-corrected chi connectivity index (χ3v) is 4.36. The lowest BCUT2D eigenvalue weighted by Gasteiger charge is -2.45. The normalized spacial score (nSPS) is 21.4. The van der Waals surface area contributed by atoms with E-state index >= 15 is 0 Å². The zero-order valence-electron chi connectivity index (χ0n) is 15.4. The predicted molar refractivity (Wildman–Crippen MR) is 95.3 cm³/mol. The van der Waals surface area contributed by atoms with E-state index < -0.39 is 0 Å². The number of nitrogens with zero attached hydrogens (tertiary/aromatic N) is 2. The van der Waals surface area contributed by atoms with Crippen LogP contribution in [0.4, 0.5) is 0 Å². The Morgan fingerprint density at radius 2 is 2.00 bits per heavy atom. The van der Waals surface area contributed by atoms with Gasteiger partial charge >= 0.3 is 0 Å². The smallest absolute Gasteiger partial charge is 0.258 e. The van der Waals surface area contributed by atoms with Crippen LogP contribution in [0.3, 0.4) is 0 Å². The highest BCUT2D eigenvalue weighted by molar-refractivity contribution is 5.77. The van der Waals surface area contributed by atoms with E-state index in [-0.39, 0.29) is 30.3 Å². The van der Waals surface area contributed by atoms with Gasteiger partial charge in [-0.05, 0) is 39.8 Å². The number of morpholine rings is 1. The number of benzene rings is 1. The van der Waals surface area contributed by atoms with Crippen LogP contribution in [0.1, 0.15) is 33.3 Å². The summed E-state index contributed by atoms with van der Waals surface area (Å²) < 4.78 is 11.2. The van der Waals surface area contributed by atoms with Crippen LogP contribution in [0, 0.1) is 11.3 Å². The summed E-state index contributed by atoms with van der Waals surface area (Å²) in [5.74, 6) is 0.227. The fourth-order valence-electron chi connectivity index (χ4n) is 2.98. The van der Waals surface area contributed by atoms with Gasteiger partial charge in [0.25, 0.3) is 5.91 Å². The van der Waals surface area contributed by atoms with Crippen LogP contribution in [0.2, 0.25) is 0 Å². The van der Waals surface area contributed by atoms with Crippen LogP contribution < -0.4 is 10.1 Å². The Hall–Kier alpha value is -2.10. The van der Waals surface area contributed by atoms with Crippen molar-refractivity contribution in [3.8, 4) is 11.8 Å². The highest BCUT2D eigenvalue weighted by Crippen LogP contribution is 2.21. The summed E-state index contributed by atoms with van der Waals surface area (Å²) >= 11 is 0. The third kappa shape index (κ3) is 5.45. The summed E-state index contributed by atoms with van der Waals surface area (Å²) in [5.41, 5.74) is 0.249. The van der Waals surface area contributed by atoms with Crippen LogP contribution in [0.15, 0.2) is 24.3 Å². The van der Waals surface area contributed by atoms with Gasteiger partial charge in [-0.3, -0.25) is 9.69 Å². The number of rotatable bonds is 6. The molecule has 6 nitrogen and oxygen atoms in total. The van der Waals surface area contributed by atoms with E-state index in [1.807, 2.05) is 0 Å². The molecule has 0 aromatic heterocycles. The van der Waals surface area contributed by atoms with E-state index in [0.717, 1.165) is 13.1 Å². The van der Waals surface area contributed by atoms with Gasteiger partial charge in [0.1, 0.15) is 11.8 Å². The van der Waals surface area contributed by atoms with Crippen molar-refractivity contribution in [2.45, 2.75) is 45.4 Å². The average molecular weight is 345 g/mol. The highest BCUT2D eigenvalue weighted by Gasteiger charge is 2.33. The van der Waals surface area contributed by atoms with Gasteiger partial charge in [0.05, 0.1) is 17.8 Å². The van der Waals surface area contributed by atoms with Crippen molar-refractivity contribution in [1.82, 2.24) is 10.2 Å². The number of nitriles is 1. The second kappa shape index (κ2) is 8.32. The fourth-order valence-corrected chi connectivity index (χ4v) is 2.98. The lowest BCUT2D eigenvalue weighted by atomic mass is 10.00. The quantitative estimate of drug-likeness (QED) is 0.853. The molecule has 1 aromatic carbocycles. The maximum atomic E-state index is 12.1. The van der Waals surface area contributed by atoms with Crippen LogP contribution in [-0.4, -0.2) is 54.8 Å². The molecule has 1 amide bonds. The molecule has 0 saturated carbocycles. The zero-order valence-corrected chi connectivity index (χ0v) is 15.4. The minimum absolute atomic E-state index is 0.106. The lowest BCUT2D eigenvalue weighted by molar-refractivity contribution is -0.124. The van der Waals surface area contributed by atoms with E-state index in [0.29, 0.717) is 17.9 Å². The minimum atomic E-state index is -0.199. The number of nitrogens with one attached hydrogen (secondary N) is 1. The van der Waals surface area contributed by atoms with Gasteiger partial charge in [-0.1, -0.05) is 12.1 Å². The zero-order chi connectivity index (χ0) is 18.4. The number of ether oxygens (including phenoxy) is 2. The molecule has 1 aliphatic rings. The Bertz CT molecular complexity index is 629. The number of amides is 1. The van der Waals surface area contributed by atoms with Crippen LogP contribution in [0.5, 0.6) is 5.75 Å². The van der Waals surface area contributed by atoms with E-state index in [2.05, 4.69) is 44.0 Å². The maximum Gasteiger partial charge on any atom is 0.258 e. The molecule has 0 radical (unpaired) electrons.